The van der Waals surface area contributed by atoms with E-state index in [1.807, 2.05) is 0 Å². The molecule has 0 amide bonds. The maximum Gasteiger partial charge on any atom is -0.0169 e. The number of rotatable bonds is 0. The molecule has 0 saturated heterocycles. The molecule has 0 atom stereocenters. The summed E-state index contributed by atoms with van der Waals surface area (Å²) in [4.78, 5) is 0. The van der Waals surface area contributed by atoms with E-state index in [-0.39, 0.29) is 0 Å². The summed E-state index contributed by atoms with van der Waals surface area (Å²) in [6.45, 7) is 0. The quantitative estimate of drug-likeness (QED) is 0.460. The average Bonchev–Trinajstić information content (AvgIpc) is 2.08. The second kappa shape index (κ2) is 6.21. The summed E-state index contributed by atoms with van der Waals surface area (Å²) in [7, 11) is 0. The molecule has 0 radical (unpaired) electrons. The van der Waals surface area contributed by atoms with Gasteiger partial charge in [0.15, 0.2) is 0 Å². The molecule has 0 heteroatoms. The van der Waals surface area contributed by atoms with Crippen LogP contribution in [0.3, 0.4) is 0 Å². The molecule has 1 aliphatic carbocycles. The van der Waals surface area contributed by atoms with Crippen LogP contribution in [0.15, 0.2) is 24.3 Å². The molecule has 0 nitrogen and oxygen atoms in total. The molecule has 0 fully saturated rings. The molecule has 0 heterocycles. The third-order valence-corrected chi connectivity index (χ3v) is 2.10. The molecular weight excluding hydrogens is 132 g/mol. The van der Waals surface area contributed by atoms with Gasteiger partial charge in [0.1, 0.15) is 0 Å². The van der Waals surface area contributed by atoms with Gasteiger partial charge in [0.25, 0.3) is 0 Å². The Morgan fingerprint density at radius 1 is 0.545 bits per heavy atom. The van der Waals surface area contributed by atoms with Crippen LogP contribution in [0.2, 0.25) is 0 Å². The van der Waals surface area contributed by atoms with Crippen LogP contribution in [-0.4, -0.2) is 0 Å². The molecule has 0 aromatic rings. The lowest BCUT2D eigenvalue weighted by atomic mass is 10.1. The van der Waals surface area contributed by atoms with E-state index in [1.165, 1.54) is 38.5 Å². The second-order valence-electron chi connectivity index (χ2n) is 3.17. The van der Waals surface area contributed by atoms with Crippen molar-refractivity contribution in [2.75, 3.05) is 0 Å². The topological polar surface area (TPSA) is 0 Å². The Morgan fingerprint density at radius 3 is 1.64 bits per heavy atom. The van der Waals surface area contributed by atoms with E-state index in [9.17, 15) is 0 Å². The third-order valence-electron chi connectivity index (χ3n) is 2.10. The van der Waals surface area contributed by atoms with Crippen molar-refractivity contribution in [2.45, 2.75) is 44.9 Å². The summed E-state index contributed by atoms with van der Waals surface area (Å²) in [6, 6.07) is 0. The van der Waals surface area contributed by atoms with Gasteiger partial charge >= 0.3 is 0 Å². The largest absolute Gasteiger partial charge is 0.0882 e. The van der Waals surface area contributed by atoms with E-state index in [2.05, 4.69) is 24.3 Å². The third kappa shape index (κ3) is 4.83. The van der Waals surface area contributed by atoms with E-state index >= 15 is 0 Å². The summed E-state index contributed by atoms with van der Waals surface area (Å²) in [5.41, 5.74) is 0. The number of allylic oxidation sites excluding steroid dienone is 4. The van der Waals surface area contributed by atoms with Gasteiger partial charge < -0.3 is 0 Å². The first-order chi connectivity index (χ1) is 5.50. The van der Waals surface area contributed by atoms with E-state index in [4.69, 9.17) is 0 Å². The number of hydrogen-bond acceptors (Lipinski definition) is 0. The molecule has 0 spiro atoms. The van der Waals surface area contributed by atoms with Crippen molar-refractivity contribution in [3.05, 3.63) is 24.3 Å². The minimum absolute atomic E-state index is 1.14. The smallest absolute Gasteiger partial charge is 0.0169 e. The fraction of sp³-hybridized carbons (Fsp3) is 0.636. The Hall–Kier alpha value is -0.520. The average molecular weight is 150 g/mol. The molecule has 11 heavy (non-hydrogen) atoms. The van der Waals surface area contributed by atoms with Crippen LogP contribution in [0.25, 0.3) is 0 Å². The highest BCUT2D eigenvalue weighted by Gasteiger charge is 1.88. The highest BCUT2D eigenvalue weighted by atomic mass is 13.9. The molecule has 0 bridgehead atoms. The van der Waals surface area contributed by atoms with Crippen LogP contribution < -0.4 is 0 Å². The van der Waals surface area contributed by atoms with Gasteiger partial charge in [-0.05, 0) is 32.1 Å². The maximum absolute atomic E-state index is 2.32. The van der Waals surface area contributed by atoms with Gasteiger partial charge in [0.05, 0.1) is 0 Å². The molecule has 0 saturated carbocycles. The molecule has 0 unspecified atom stereocenters. The molecule has 0 aromatic carbocycles. The van der Waals surface area contributed by atoms with Crippen LogP contribution in [0, 0.1) is 0 Å². The minimum Gasteiger partial charge on any atom is -0.0882 e. The highest BCUT2D eigenvalue weighted by Crippen LogP contribution is 2.08. The van der Waals surface area contributed by atoms with Crippen molar-refractivity contribution < 1.29 is 0 Å². The molecule has 0 aliphatic heterocycles. The van der Waals surface area contributed by atoms with Crippen molar-refractivity contribution in [1.29, 1.82) is 0 Å². The molecule has 0 aromatic heterocycles. The predicted molar refractivity (Wildman–Crippen MR) is 50.6 cm³/mol. The Morgan fingerprint density at radius 2 is 1.09 bits per heavy atom. The number of hydrogen-bond donors (Lipinski definition) is 0. The Kier molecular flexibility index (Phi) is 4.84. The van der Waals surface area contributed by atoms with E-state index in [0.29, 0.717) is 0 Å². The van der Waals surface area contributed by atoms with Gasteiger partial charge in [-0.3, -0.25) is 0 Å². The molecule has 1 aliphatic rings. The van der Waals surface area contributed by atoms with Crippen LogP contribution in [0.5, 0.6) is 0 Å². The standard InChI is InChI=1S/C11H18/c1-2-4-6-8-10-11-9-7-5-3-1/h1-2,5,7H,3-4,6,8-11H2/b2-1+,7-5?. The fourth-order valence-corrected chi connectivity index (χ4v) is 1.38. The van der Waals surface area contributed by atoms with Crippen LogP contribution in [0.4, 0.5) is 0 Å². The zero-order chi connectivity index (χ0) is 7.78. The van der Waals surface area contributed by atoms with E-state index in [0.717, 1.165) is 6.42 Å². The maximum atomic E-state index is 2.32. The zero-order valence-electron chi connectivity index (χ0n) is 7.26. The fourth-order valence-electron chi connectivity index (χ4n) is 1.38. The van der Waals surface area contributed by atoms with Crippen molar-refractivity contribution in [1.82, 2.24) is 0 Å². The lowest BCUT2D eigenvalue weighted by Gasteiger charge is -1.95. The van der Waals surface area contributed by atoms with Crippen molar-refractivity contribution >= 4 is 0 Å². The first kappa shape index (κ1) is 8.58. The van der Waals surface area contributed by atoms with Gasteiger partial charge in [-0.1, -0.05) is 37.1 Å². The first-order valence-electron chi connectivity index (χ1n) is 4.80. The summed E-state index contributed by atoms with van der Waals surface area (Å²) in [5.74, 6) is 0. The Balaban J connectivity index is 2.22. The summed E-state index contributed by atoms with van der Waals surface area (Å²) >= 11 is 0. The molecular formula is C11H18. The van der Waals surface area contributed by atoms with Crippen LogP contribution in [0.1, 0.15) is 44.9 Å². The van der Waals surface area contributed by atoms with Gasteiger partial charge in [-0.2, -0.15) is 0 Å². The normalized spacial score (nSPS) is 24.0. The van der Waals surface area contributed by atoms with Gasteiger partial charge in [-0.25, -0.2) is 0 Å². The van der Waals surface area contributed by atoms with Crippen LogP contribution in [-0.2, 0) is 0 Å². The zero-order valence-corrected chi connectivity index (χ0v) is 7.26. The molecule has 0 N–H and O–H groups in total. The van der Waals surface area contributed by atoms with Gasteiger partial charge in [-0.15, -0.1) is 0 Å². The van der Waals surface area contributed by atoms with Crippen molar-refractivity contribution in [2.24, 2.45) is 0 Å². The van der Waals surface area contributed by atoms with Crippen LogP contribution >= 0.6 is 0 Å². The van der Waals surface area contributed by atoms with Gasteiger partial charge in [0.2, 0.25) is 0 Å². The van der Waals surface area contributed by atoms with Crippen molar-refractivity contribution in [3.8, 4) is 0 Å². The SMILES string of the molecule is C1=CCCCCCC/C=C/C1. The predicted octanol–water partition coefficient (Wildman–Crippen LogP) is 3.84. The van der Waals surface area contributed by atoms with E-state index < -0.39 is 0 Å². The monoisotopic (exact) mass is 150 g/mol. The Labute approximate surface area is 70.0 Å². The summed E-state index contributed by atoms with van der Waals surface area (Å²) in [5, 5.41) is 0. The lowest BCUT2D eigenvalue weighted by Crippen LogP contribution is -1.75. The molecule has 62 valence electrons. The summed E-state index contributed by atoms with van der Waals surface area (Å²) in [6.07, 6.45) is 18.5. The second-order valence-corrected chi connectivity index (χ2v) is 3.17. The van der Waals surface area contributed by atoms with Gasteiger partial charge in [0, 0.05) is 0 Å². The lowest BCUT2D eigenvalue weighted by molar-refractivity contribution is 0.653. The Bertz CT molecular complexity index is 115. The first-order valence-corrected chi connectivity index (χ1v) is 4.80. The van der Waals surface area contributed by atoms with E-state index in [1.54, 1.807) is 0 Å². The highest BCUT2D eigenvalue weighted by molar-refractivity contribution is 4.93. The minimum atomic E-state index is 1.14. The molecule has 1 rings (SSSR count). The summed E-state index contributed by atoms with van der Waals surface area (Å²) < 4.78 is 0. The van der Waals surface area contributed by atoms with Crippen molar-refractivity contribution in [3.63, 3.8) is 0 Å².